The van der Waals surface area contributed by atoms with Gasteiger partial charge in [-0.1, -0.05) is 11.8 Å². The maximum Gasteiger partial charge on any atom is 0.167 e. The van der Waals surface area contributed by atoms with E-state index < -0.39 is 5.82 Å². The van der Waals surface area contributed by atoms with Crippen molar-refractivity contribution in [1.29, 1.82) is 0 Å². The summed E-state index contributed by atoms with van der Waals surface area (Å²) in [6, 6.07) is 4.60. The van der Waals surface area contributed by atoms with Gasteiger partial charge >= 0.3 is 0 Å². The Kier molecular flexibility index (Phi) is 3.99. The largest absolute Gasteiger partial charge is 0.491 e. The molecule has 0 radical (unpaired) electrons. The minimum absolute atomic E-state index is 0.197. The van der Waals surface area contributed by atoms with Crippen molar-refractivity contribution < 1.29 is 9.13 Å². The monoisotopic (exact) mass is 265 g/mol. The average molecular weight is 265 g/mol. The van der Waals surface area contributed by atoms with E-state index in [0.717, 1.165) is 5.03 Å². The molecule has 94 valence electrons. The van der Waals surface area contributed by atoms with E-state index in [4.69, 9.17) is 10.5 Å². The molecule has 2 N–H and O–H groups in total. The third-order valence-corrected chi connectivity index (χ3v) is 3.16. The third-order valence-electron chi connectivity index (χ3n) is 2.13. The molecule has 2 rings (SSSR count). The van der Waals surface area contributed by atoms with Gasteiger partial charge in [-0.15, -0.1) is 0 Å². The molecule has 1 heterocycles. The highest BCUT2D eigenvalue weighted by molar-refractivity contribution is 7.99. The Hall–Kier alpha value is -1.82. The van der Waals surface area contributed by atoms with Crippen LogP contribution in [0.1, 0.15) is 6.92 Å². The second kappa shape index (κ2) is 5.68. The summed E-state index contributed by atoms with van der Waals surface area (Å²) < 4.78 is 18.7. The van der Waals surface area contributed by atoms with E-state index in [2.05, 4.69) is 9.97 Å². The second-order valence-corrected chi connectivity index (χ2v) is 4.47. The van der Waals surface area contributed by atoms with Crippen LogP contribution in [0.4, 0.5) is 10.1 Å². The average Bonchev–Trinajstić information content (AvgIpc) is 2.37. The highest BCUT2D eigenvalue weighted by Crippen LogP contribution is 2.35. The van der Waals surface area contributed by atoms with Gasteiger partial charge in [-0.2, -0.15) is 0 Å². The zero-order valence-corrected chi connectivity index (χ0v) is 10.6. The maximum absolute atomic E-state index is 13.5. The number of nitrogens with two attached hydrogens (primary N) is 1. The molecule has 18 heavy (non-hydrogen) atoms. The van der Waals surface area contributed by atoms with E-state index in [1.165, 1.54) is 24.2 Å². The molecule has 6 heteroatoms. The molecule has 2 aromatic rings. The first kappa shape index (κ1) is 12.6. The Morgan fingerprint density at radius 2 is 2.28 bits per heavy atom. The van der Waals surface area contributed by atoms with Crippen LogP contribution in [-0.2, 0) is 0 Å². The summed E-state index contributed by atoms with van der Waals surface area (Å²) in [5.74, 6) is -0.260. The fraction of sp³-hybridized carbons (Fsp3) is 0.167. The van der Waals surface area contributed by atoms with E-state index in [9.17, 15) is 4.39 Å². The maximum atomic E-state index is 13.5. The van der Waals surface area contributed by atoms with Crippen molar-refractivity contribution in [3.05, 3.63) is 36.5 Å². The van der Waals surface area contributed by atoms with Crippen LogP contribution in [0, 0.1) is 5.82 Å². The van der Waals surface area contributed by atoms with Gasteiger partial charge in [-0.3, -0.25) is 0 Å². The fourth-order valence-corrected chi connectivity index (χ4v) is 2.15. The summed E-state index contributed by atoms with van der Waals surface area (Å²) in [5, 5.41) is 0.741. The van der Waals surface area contributed by atoms with Crippen molar-refractivity contribution in [3.8, 4) is 5.75 Å². The van der Waals surface area contributed by atoms with Gasteiger partial charge in [0.25, 0.3) is 0 Å². The van der Waals surface area contributed by atoms with Crippen molar-refractivity contribution in [2.45, 2.75) is 16.8 Å². The van der Waals surface area contributed by atoms with E-state index >= 15 is 0 Å². The summed E-state index contributed by atoms with van der Waals surface area (Å²) in [4.78, 5) is 8.61. The number of aromatic nitrogens is 2. The SMILES string of the molecule is CCOc1cc(Sc2ccncn2)c(N)cc1F. The van der Waals surface area contributed by atoms with Gasteiger partial charge in [0.2, 0.25) is 0 Å². The van der Waals surface area contributed by atoms with E-state index in [1.54, 1.807) is 25.3 Å². The summed E-state index contributed by atoms with van der Waals surface area (Å²) in [6.45, 7) is 2.20. The molecule has 0 fully saturated rings. The minimum Gasteiger partial charge on any atom is -0.491 e. The van der Waals surface area contributed by atoms with Crippen LogP contribution < -0.4 is 10.5 Å². The van der Waals surface area contributed by atoms with E-state index in [0.29, 0.717) is 17.2 Å². The summed E-state index contributed by atoms with van der Waals surface area (Å²) in [5.41, 5.74) is 6.14. The van der Waals surface area contributed by atoms with Gasteiger partial charge in [0.15, 0.2) is 11.6 Å². The molecule has 0 unspecified atom stereocenters. The smallest absolute Gasteiger partial charge is 0.167 e. The van der Waals surface area contributed by atoms with Crippen molar-refractivity contribution in [3.63, 3.8) is 0 Å². The quantitative estimate of drug-likeness (QED) is 0.680. The molecular formula is C12H12FN3OS. The van der Waals surface area contributed by atoms with Gasteiger partial charge in [-0.05, 0) is 19.1 Å². The third kappa shape index (κ3) is 2.89. The molecule has 1 aromatic carbocycles. The zero-order chi connectivity index (χ0) is 13.0. The minimum atomic E-state index is -0.457. The van der Waals surface area contributed by atoms with Crippen LogP contribution in [0.3, 0.4) is 0 Å². The topological polar surface area (TPSA) is 61.0 Å². The first-order chi connectivity index (χ1) is 8.70. The van der Waals surface area contributed by atoms with Crippen molar-refractivity contribution in [2.24, 2.45) is 0 Å². The van der Waals surface area contributed by atoms with Crippen LogP contribution in [-0.4, -0.2) is 16.6 Å². The van der Waals surface area contributed by atoms with E-state index in [1.807, 2.05) is 0 Å². The molecule has 0 atom stereocenters. The van der Waals surface area contributed by atoms with E-state index in [-0.39, 0.29) is 5.75 Å². The first-order valence-electron chi connectivity index (χ1n) is 5.36. The predicted molar refractivity (Wildman–Crippen MR) is 68.1 cm³/mol. The molecule has 0 bridgehead atoms. The van der Waals surface area contributed by atoms with Crippen LogP contribution in [0.5, 0.6) is 5.75 Å². The molecule has 1 aromatic heterocycles. The molecule has 0 aliphatic carbocycles. The molecule has 0 amide bonds. The molecular weight excluding hydrogens is 253 g/mol. The number of halogens is 1. The number of hydrogen-bond donors (Lipinski definition) is 1. The van der Waals surface area contributed by atoms with Gasteiger partial charge in [0.1, 0.15) is 11.4 Å². The number of rotatable bonds is 4. The van der Waals surface area contributed by atoms with Gasteiger partial charge in [0, 0.05) is 22.8 Å². The predicted octanol–water partition coefficient (Wildman–Crippen LogP) is 2.75. The lowest BCUT2D eigenvalue weighted by atomic mass is 10.3. The van der Waals surface area contributed by atoms with Gasteiger partial charge < -0.3 is 10.5 Å². The standard InChI is InChI=1S/C12H12FN3OS/c1-2-17-10-6-11(9(14)5-8(10)13)18-12-3-4-15-7-16-12/h3-7H,2,14H2,1H3. The highest BCUT2D eigenvalue weighted by atomic mass is 32.2. The van der Waals surface area contributed by atoms with Crippen LogP contribution >= 0.6 is 11.8 Å². The zero-order valence-electron chi connectivity index (χ0n) is 9.76. The Labute approximate surface area is 108 Å². The van der Waals surface area contributed by atoms with Crippen molar-refractivity contribution in [1.82, 2.24) is 9.97 Å². The number of ether oxygens (including phenoxy) is 1. The highest BCUT2D eigenvalue weighted by Gasteiger charge is 2.10. The Morgan fingerprint density at radius 3 is 2.94 bits per heavy atom. The summed E-state index contributed by atoms with van der Waals surface area (Å²) in [7, 11) is 0. The summed E-state index contributed by atoms with van der Waals surface area (Å²) in [6.07, 6.45) is 3.09. The molecule has 0 saturated carbocycles. The lowest BCUT2D eigenvalue weighted by Gasteiger charge is -2.09. The second-order valence-electron chi connectivity index (χ2n) is 3.40. The normalized spacial score (nSPS) is 10.3. The number of benzene rings is 1. The number of anilines is 1. The molecule has 0 aliphatic heterocycles. The van der Waals surface area contributed by atoms with Crippen LogP contribution in [0.25, 0.3) is 0 Å². The molecule has 0 spiro atoms. The molecule has 4 nitrogen and oxygen atoms in total. The lowest BCUT2D eigenvalue weighted by Crippen LogP contribution is -1.98. The number of nitrogens with zero attached hydrogens (tertiary/aromatic N) is 2. The first-order valence-corrected chi connectivity index (χ1v) is 6.18. The number of hydrogen-bond acceptors (Lipinski definition) is 5. The number of nitrogen functional groups attached to an aromatic ring is 1. The fourth-order valence-electron chi connectivity index (χ4n) is 1.36. The Morgan fingerprint density at radius 1 is 1.44 bits per heavy atom. The van der Waals surface area contributed by atoms with Crippen LogP contribution in [0.2, 0.25) is 0 Å². The van der Waals surface area contributed by atoms with Gasteiger partial charge in [0.05, 0.1) is 6.61 Å². The summed E-state index contributed by atoms with van der Waals surface area (Å²) >= 11 is 1.34. The molecule has 0 saturated heterocycles. The van der Waals surface area contributed by atoms with Crippen molar-refractivity contribution in [2.75, 3.05) is 12.3 Å². The van der Waals surface area contributed by atoms with Crippen LogP contribution in [0.15, 0.2) is 40.6 Å². The Bertz CT molecular complexity index is 536. The van der Waals surface area contributed by atoms with Gasteiger partial charge in [-0.25, -0.2) is 14.4 Å². The Balaban J connectivity index is 2.30. The molecule has 0 aliphatic rings. The van der Waals surface area contributed by atoms with Crippen molar-refractivity contribution >= 4 is 17.4 Å². The lowest BCUT2D eigenvalue weighted by molar-refractivity contribution is 0.321.